The van der Waals surface area contributed by atoms with Gasteiger partial charge in [0.25, 0.3) is 0 Å². The van der Waals surface area contributed by atoms with Gasteiger partial charge in [0.1, 0.15) is 6.61 Å². The molecule has 1 rings (SSSR count). The standard InChI is InChI=1S/C11H14INO5S/c1-13(2)19(16,17)8-3-4-10(12)9(7-8)11(15)18-6-5-14/h3-4,7,14H,5-6H2,1-2H3. The lowest BCUT2D eigenvalue weighted by atomic mass is 10.2. The molecule has 1 aromatic rings. The Morgan fingerprint density at radius 1 is 1.42 bits per heavy atom. The second-order valence-electron chi connectivity index (χ2n) is 3.79. The van der Waals surface area contributed by atoms with Crippen LogP contribution in [0.25, 0.3) is 0 Å². The van der Waals surface area contributed by atoms with Gasteiger partial charge in [-0.1, -0.05) is 0 Å². The van der Waals surface area contributed by atoms with Gasteiger partial charge in [-0.3, -0.25) is 0 Å². The molecular weight excluding hydrogens is 385 g/mol. The number of hydrogen-bond donors (Lipinski definition) is 1. The number of rotatable bonds is 5. The summed E-state index contributed by atoms with van der Waals surface area (Å²) in [5.74, 6) is -0.658. The Labute approximate surface area is 125 Å². The first-order valence-electron chi connectivity index (χ1n) is 5.30. The van der Waals surface area contributed by atoms with E-state index in [1.165, 1.54) is 32.3 Å². The maximum absolute atomic E-state index is 12.0. The van der Waals surface area contributed by atoms with E-state index in [1.807, 2.05) is 22.6 Å². The summed E-state index contributed by atoms with van der Waals surface area (Å²) in [5, 5.41) is 8.61. The predicted molar refractivity (Wildman–Crippen MR) is 77.4 cm³/mol. The molecule has 8 heteroatoms. The van der Waals surface area contributed by atoms with Crippen LogP contribution in [0.1, 0.15) is 10.4 Å². The first-order valence-corrected chi connectivity index (χ1v) is 7.82. The lowest BCUT2D eigenvalue weighted by molar-refractivity contribution is 0.0432. The normalized spacial score (nSPS) is 11.6. The largest absolute Gasteiger partial charge is 0.460 e. The maximum Gasteiger partial charge on any atom is 0.339 e. The smallest absolute Gasteiger partial charge is 0.339 e. The Balaban J connectivity index is 3.18. The van der Waals surface area contributed by atoms with E-state index in [9.17, 15) is 13.2 Å². The highest BCUT2D eigenvalue weighted by Gasteiger charge is 2.21. The van der Waals surface area contributed by atoms with E-state index in [1.54, 1.807) is 0 Å². The van der Waals surface area contributed by atoms with Crippen molar-refractivity contribution in [2.24, 2.45) is 0 Å². The summed E-state index contributed by atoms with van der Waals surface area (Å²) in [7, 11) is -0.770. The molecule has 0 saturated heterocycles. The average Bonchev–Trinajstić information content (AvgIpc) is 2.36. The Kier molecular flexibility index (Phi) is 5.71. The molecule has 0 fully saturated rings. The van der Waals surface area contributed by atoms with Crippen LogP contribution >= 0.6 is 22.6 Å². The fraction of sp³-hybridized carbons (Fsp3) is 0.364. The van der Waals surface area contributed by atoms with E-state index < -0.39 is 16.0 Å². The van der Waals surface area contributed by atoms with E-state index in [2.05, 4.69) is 0 Å². The number of nitrogens with zero attached hydrogens (tertiary/aromatic N) is 1. The van der Waals surface area contributed by atoms with Gasteiger partial charge >= 0.3 is 5.97 Å². The summed E-state index contributed by atoms with van der Waals surface area (Å²) in [5.41, 5.74) is 0.164. The molecule has 0 atom stereocenters. The Bertz CT molecular complexity index is 570. The molecule has 0 saturated carbocycles. The van der Waals surface area contributed by atoms with Crippen LogP contribution in [0.3, 0.4) is 0 Å². The molecule has 0 heterocycles. The minimum atomic E-state index is -3.60. The molecular formula is C11H14INO5S. The summed E-state index contributed by atoms with van der Waals surface area (Å²) in [4.78, 5) is 11.7. The van der Waals surface area contributed by atoms with Gasteiger partial charge in [0.15, 0.2) is 0 Å². The van der Waals surface area contributed by atoms with E-state index in [-0.39, 0.29) is 23.7 Å². The number of aliphatic hydroxyl groups excluding tert-OH is 1. The molecule has 106 valence electrons. The fourth-order valence-corrected chi connectivity index (χ4v) is 2.73. The molecule has 0 radical (unpaired) electrons. The molecule has 0 spiro atoms. The molecule has 1 aromatic carbocycles. The number of ether oxygens (including phenoxy) is 1. The zero-order valence-corrected chi connectivity index (χ0v) is 13.4. The second-order valence-corrected chi connectivity index (χ2v) is 7.10. The van der Waals surface area contributed by atoms with Crippen LogP contribution in [0.2, 0.25) is 0 Å². The second kappa shape index (κ2) is 6.64. The van der Waals surface area contributed by atoms with Crippen LogP contribution < -0.4 is 0 Å². The summed E-state index contributed by atoms with van der Waals surface area (Å²) in [6.45, 7) is -0.405. The lowest BCUT2D eigenvalue weighted by Crippen LogP contribution is -2.22. The Hall–Kier alpha value is -0.710. The third-order valence-electron chi connectivity index (χ3n) is 2.26. The van der Waals surface area contributed by atoms with E-state index in [4.69, 9.17) is 9.84 Å². The van der Waals surface area contributed by atoms with Crippen molar-refractivity contribution >= 4 is 38.6 Å². The number of halogens is 1. The summed E-state index contributed by atoms with van der Waals surface area (Å²) in [6.07, 6.45) is 0. The monoisotopic (exact) mass is 399 g/mol. The number of esters is 1. The van der Waals surface area contributed by atoms with Gasteiger partial charge in [0.05, 0.1) is 17.1 Å². The number of benzene rings is 1. The number of carbonyl (C=O) groups is 1. The van der Waals surface area contributed by atoms with Gasteiger partial charge in [-0.15, -0.1) is 0 Å². The fourth-order valence-electron chi connectivity index (χ4n) is 1.25. The van der Waals surface area contributed by atoms with Gasteiger partial charge in [0.2, 0.25) is 10.0 Å². The summed E-state index contributed by atoms with van der Waals surface area (Å²) >= 11 is 1.92. The molecule has 0 aliphatic carbocycles. The zero-order valence-electron chi connectivity index (χ0n) is 10.5. The van der Waals surface area contributed by atoms with E-state index in [0.717, 1.165) is 4.31 Å². The van der Waals surface area contributed by atoms with Gasteiger partial charge in [-0.05, 0) is 40.8 Å². The van der Waals surface area contributed by atoms with Crippen LogP contribution in [-0.4, -0.2) is 51.1 Å². The molecule has 0 bridgehead atoms. The zero-order chi connectivity index (χ0) is 14.6. The minimum absolute atomic E-state index is 0.0221. The Morgan fingerprint density at radius 3 is 2.58 bits per heavy atom. The van der Waals surface area contributed by atoms with Crippen LogP contribution in [0.4, 0.5) is 0 Å². The van der Waals surface area contributed by atoms with Crippen molar-refractivity contribution in [1.82, 2.24) is 4.31 Å². The molecule has 0 aliphatic rings. The third kappa shape index (κ3) is 3.88. The molecule has 19 heavy (non-hydrogen) atoms. The highest BCUT2D eigenvalue weighted by molar-refractivity contribution is 14.1. The van der Waals surface area contributed by atoms with Crippen LogP contribution in [0.5, 0.6) is 0 Å². The average molecular weight is 399 g/mol. The maximum atomic E-state index is 12.0. The number of sulfonamides is 1. The Morgan fingerprint density at radius 2 is 2.05 bits per heavy atom. The van der Waals surface area contributed by atoms with Gasteiger partial charge in [0, 0.05) is 17.7 Å². The van der Waals surface area contributed by atoms with E-state index >= 15 is 0 Å². The van der Waals surface area contributed by atoms with Crippen LogP contribution in [-0.2, 0) is 14.8 Å². The first-order chi connectivity index (χ1) is 8.80. The molecule has 6 nitrogen and oxygen atoms in total. The van der Waals surface area contributed by atoms with E-state index in [0.29, 0.717) is 3.57 Å². The molecule has 0 amide bonds. The van der Waals surface area contributed by atoms with Crippen molar-refractivity contribution in [2.75, 3.05) is 27.3 Å². The minimum Gasteiger partial charge on any atom is -0.460 e. The van der Waals surface area contributed by atoms with Crippen molar-refractivity contribution in [3.63, 3.8) is 0 Å². The van der Waals surface area contributed by atoms with Crippen molar-refractivity contribution in [3.8, 4) is 0 Å². The van der Waals surface area contributed by atoms with Crippen molar-refractivity contribution < 1.29 is 23.1 Å². The topological polar surface area (TPSA) is 83.9 Å². The van der Waals surface area contributed by atoms with Crippen molar-refractivity contribution in [1.29, 1.82) is 0 Å². The molecule has 0 unspecified atom stereocenters. The highest BCUT2D eigenvalue weighted by atomic mass is 127. The number of aliphatic hydroxyl groups is 1. The molecule has 1 N–H and O–H groups in total. The third-order valence-corrected chi connectivity index (χ3v) is 5.01. The SMILES string of the molecule is CN(C)S(=O)(=O)c1ccc(I)c(C(=O)OCCO)c1. The lowest BCUT2D eigenvalue weighted by Gasteiger charge is -2.13. The van der Waals surface area contributed by atoms with Crippen molar-refractivity contribution in [2.45, 2.75) is 4.90 Å². The van der Waals surface area contributed by atoms with Crippen LogP contribution in [0.15, 0.2) is 23.1 Å². The summed E-state index contributed by atoms with van der Waals surface area (Å²) in [6, 6.07) is 4.24. The quantitative estimate of drug-likeness (QED) is 0.582. The predicted octanol–water partition coefficient (Wildman–Crippen LogP) is 0.691. The van der Waals surface area contributed by atoms with Gasteiger partial charge in [-0.25, -0.2) is 17.5 Å². The first kappa shape index (κ1) is 16.3. The highest BCUT2D eigenvalue weighted by Crippen LogP contribution is 2.20. The summed E-state index contributed by atoms with van der Waals surface area (Å²) < 4.78 is 30.4. The molecule has 0 aromatic heterocycles. The van der Waals surface area contributed by atoms with Crippen molar-refractivity contribution in [3.05, 3.63) is 27.3 Å². The number of hydrogen-bond acceptors (Lipinski definition) is 5. The van der Waals surface area contributed by atoms with Gasteiger partial charge in [-0.2, -0.15) is 0 Å². The van der Waals surface area contributed by atoms with Gasteiger partial charge < -0.3 is 9.84 Å². The van der Waals surface area contributed by atoms with Crippen LogP contribution in [0, 0.1) is 3.57 Å². The molecule has 0 aliphatic heterocycles. The number of carbonyl (C=O) groups excluding carboxylic acids is 1.